The summed E-state index contributed by atoms with van der Waals surface area (Å²) < 4.78 is 13.8. The molecule has 0 spiro atoms. The lowest BCUT2D eigenvalue weighted by molar-refractivity contribution is -0.121. The number of carbonyl (C=O) groups is 2. The number of nitrogens with one attached hydrogen (secondary N) is 1. The maximum atomic E-state index is 13.8. The van der Waals surface area contributed by atoms with E-state index in [1.54, 1.807) is 4.90 Å². The Morgan fingerprint density at radius 3 is 2.50 bits per heavy atom. The van der Waals surface area contributed by atoms with Crippen LogP contribution in [0.25, 0.3) is 0 Å². The van der Waals surface area contributed by atoms with Gasteiger partial charge in [-0.15, -0.1) is 0 Å². The molecule has 0 aliphatic carbocycles. The number of anilines is 1. The van der Waals surface area contributed by atoms with Crippen LogP contribution < -0.4 is 5.32 Å². The summed E-state index contributed by atoms with van der Waals surface area (Å²) in [6.45, 7) is 2.93. The summed E-state index contributed by atoms with van der Waals surface area (Å²) in [5.41, 5.74) is 1.76. The zero-order valence-corrected chi connectivity index (χ0v) is 15.2. The number of hydrogen-bond acceptors (Lipinski definition) is 2. The minimum Gasteiger partial charge on any atom is -0.339 e. The van der Waals surface area contributed by atoms with Gasteiger partial charge in [0.1, 0.15) is 5.82 Å². The van der Waals surface area contributed by atoms with E-state index in [1.807, 2.05) is 31.2 Å². The minimum atomic E-state index is -0.557. The standard InChI is InChI=1S/C20H20ClFN2O2/c1-13-4-2-3-5-16(13)20(26)24-10-8-14(9-11-24)19(25)23-18-7-6-15(21)12-17(18)22/h2-7,12,14H,8-11H2,1H3,(H,23,25). The molecule has 0 atom stereocenters. The van der Waals surface area contributed by atoms with Crippen LogP contribution in [0.15, 0.2) is 42.5 Å². The van der Waals surface area contributed by atoms with Gasteiger partial charge in [-0.05, 0) is 49.6 Å². The number of hydrogen-bond donors (Lipinski definition) is 1. The largest absolute Gasteiger partial charge is 0.339 e. The van der Waals surface area contributed by atoms with Crippen LogP contribution in [0.3, 0.4) is 0 Å². The Balaban J connectivity index is 1.59. The van der Waals surface area contributed by atoms with Crippen molar-refractivity contribution < 1.29 is 14.0 Å². The summed E-state index contributed by atoms with van der Waals surface area (Å²) in [5.74, 6) is -1.04. The molecule has 1 saturated heterocycles. The van der Waals surface area contributed by atoms with Crippen molar-refractivity contribution in [2.75, 3.05) is 18.4 Å². The molecule has 26 heavy (non-hydrogen) atoms. The summed E-state index contributed by atoms with van der Waals surface area (Å²) in [6.07, 6.45) is 1.11. The highest BCUT2D eigenvalue weighted by Gasteiger charge is 2.28. The van der Waals surface area contributed by atoms with Crippen molar-refractivity contribution in [1.29, 1.82) is 0 Å². The van der Waals surface area contributed by atoms with Gasteiger partial charge in [-0.1, -0.05) is 29.8 Å². The molecule has 136 valence electrons. The molecule has 6 heteroatoms. The SMILES string of the molecule is Cc1ccccc1C(=O)N1CCC(C(=O)Nc2ccc(Cl)cc2F)CC1. The highest BCUT2D eigenvalue weighted by Crippen LogP contribution is 2.24. The molecule has 0 aromatic heterocycles. The Hall–Kier alpha value is -2.40. The zero-order chi connectivity index (χ0) is 18.7. The van der Waals surface area contributed by atoms with Crippen LogP contribution in [-0.2, 0) is 4.79 Å². The van der Waals surface area contributed by atoms with Gasteiger partial charge < -0.3 is 10.2 Å². The number of rotatable bonds is 3. The molecule has 0 unspecified atom stereocenters. The van der Waals surface area contributed by atoms with Crippen molar-refractivity contribution in [3.8, 4) is 0 Å². The molecule has 0 bridgehead atoms. The molecule has 4 nitrogen and oxygen atoms in total. The fourth-order valence-corrected chi connectivity index (χ4v) is 3.31. The molecule has 3 rings (SSSR count). The van der Waals surface area contributed by atoms with E-state index in [1.165, 1.54) is 18.2 Å². The molecule has 2 amide bonds. The Morgan fingerprint density at radius 1 is 1.15 bits per heavy atom. The number of halogens is 2. The third kappa shape index (κ3) is 4.05. The summed E-state index contributed by atoms with van der Waals surface area (Å²) in [5, 5.41) is 2.90. The minimum absolute atomic E-state index is 0.00861. The topological polar surface area (TPSA) is 49.4 Å². The van der Waals surface area contributed by atoms with E-state index in [4.69, 9.17) is 11.6 Å². The fraction of sp³-hybridized carbons (Fsp3) is 0.300. The second-order valence-corrected chi connectivity index (χ2v) is 6.93. The van der Waals surface area contributed by atoms with Gasteiger partial charge in [0.25, 0.3) is 5.91 Å². The molecule has 1 N–H and O–H groups in total. The maximum absolute atomic E-state index is 13.8. The number of piperidine rings is 1. The van der Waals surface area contributed by atoms with Crippen molar-refractivity contribution in [3.63, 3.8) is 0 Å². The predicted octanol–water partition coefficient (Wildman–Crippen LogP) is 4.28. The van der Waals surface area contributed by atoms with Gasteiger partial charge in [-0.3, -0.25) is 9.59 Å². The number of aryl methyl sites for hydroxylation is 1. The zero-order valence-electron chi connectivity index (χ0n) is 14.5. The smallest absolute Gasteiger partial charge is 0.254 e. The van der Waals surface area contributed by atoms with Crippen LogP contribution in [0.5, 0.6) is 0 Å². The molecule has 2 aromatic carbocycles. The van der Waals surface area contributed by atoms with Crippen molar-refractivity contribution in [2.45, 2.75) is 19.8 Å². The lowest BCUT2D eigenvalue weighted by Gasteiger charge is -2.31. The first-order chi connectivity index (χ1) is 12.5. The van der Waals surface area contributed by atoms with Gasteiger partial charge in [0, 0.05) is 29.6 Å². The molecule has 1 aliphatic heterocycles. The number of carbonyl (C=O) groups excluding carboxylic acids is 2. The monoisotopic (exact) mass is 374 g/mol. The first-order valence-corrected chi connectivity index (χ1v) is 8.94. The number of likely N-dealkylation sites (tertiary alicyclic amines) is 1. The third-order valence-corrected chi connectivity index (χ3v) is 4.95. The fourth-order valence-electron chi connectivity index (χ4n) is 3.15. The number of nitrogens with zero attached hydrogens (tertiary/aromatic N) is 1. The van der Waals surface area contributed by atoms with E-state index in [0.717, 1.165) is 5.56 Å². The van der Waals surface area contributed by atoms with Crippen LogP contribution in [-0.4, -0.2) is 29.8 Å². The summed E-state index contributed by atoms with van der Waals surface area (Å²) in [6, 6.07) is 11.6. The summed E-state index contributed by atoms with van der Waals surface area (Å²) >= 11 is 5.72. The molecule has 1 aliphatic rings. The third-order valence-electron chi connectivity index (χ3n) is 4.72. The van der Waals surface area contributed by atoms with E-state index >= 15 is 0 Å². The normalized spacial score (nSPS) is 15.0. The molecule has 0 radical (unpaired) electrons. The van der Waals surface area contributed by atoms with Gasteiger partial charge in [-0.2, -0.15) is 0 Å². The van der Waals surface area contributed by atoms with E-state index in [-0.39, 0.29) is 28.4 Å². The average Bonchev–Trinajstić information content (AvgIpc) is 2.64. The summed E-state index contributed by atoms with van der Waals surface area (Å²) in [4.78, 5) is 26.8. The number of benzene rings is 2. The van der Waals surface area contributed by atoms with Gasteiger partial charge >= 0.3 is 0 Å². The molecule has 1 heterocycles. The predicted molar refractivity (Wildman–Crippen MR) is 99.8 cm³/mol. The highest BCUT2D eigenvalue weighted by molar-refractivity contribution is 6.30. The van der Waals surface area contributed by atoms with E-state index < -0.39 is 5.82 Å². The second kappa shape index (κ2) is 7.87. The summed E-state index contributed by atoms with van der Waals surface area (Å²) in [7, 11) is 0. The van der Waals surface area contributed by atoms with Crippen molar-refractivity contribution in [1.82, 2.24) is 4.90 Å². The lowest BCUT2D eigenvalue weighted by atomic mass is 9.95. The average molecular weight is 375 g/mol. The van der Waals surface area contributed by atoms with Crippen LogP contribution in [0.2, 0.25) is 5.02 Å². The lowest BCUT2D eigenvalue weighted by Crippen LogP contribution is -2.41. The van der Waals surface area contributed by atoms with Crippen LogP contribution in [0.1, 0.15) is 28.8 Å². The van der Waals surface area contributed by atoms with Crippen LogP contribution in [0.4, 0.5) is 10.1 Å². The Bertz CT molecular complexity index is 832. The molecular weight excluding hydrogens is 355 g/mol. The quantitative estimate of drug-likeness (QED) is 0.871. The molecule has 1 fully saturated rings. The van der Waals surface area contributed by atoms with E-state index in [9.17, 15) is 14.0 Å². The second-order valence-electron chi connectivity index (χ2n) is 6.49. The molecular formula is C20H20ClFN2O2. The highest BCUT2D eigenvalue weighted by atomic mass is 35.5. The molecule has 2 aromatic rings. The van der Waals surface area contributed by atoms with Gasteiger partial charge in [0.05, 0.1) is 5.69 Å². The first kappa shape index (κ1) is 18.4. The van der Waals surface area contributed by atoms with E-state index in [2.05, 4.69) is 5.32 Å². The van der Waals surface area contributed by atoms with Crippen molar-refractivity contribution in [3.05, 3.63) is 64.4 Å². The number of amides is 2. The van der Waals surface area contributed by atoms with Crippen LogP contribution >= 0.6 is 11.6 Å². The van der Waals surface area contributed by atoms with Crippen molar-refractivity contribution >= 4 is 29.1 Å². The maximum Gasteiger partial charge on any atom is 0.254 e. The Kier molecular flexibility index (Phi) is 5.57. The Morgan fingerprint density at radius 2 is 1.85 bits per heavy atom. The van der Waals surface area contributed by atoms with Gasteiger partial charge in [0.15, 0.2) is 0 Å². The Labute approximate surface area is 157 Å². The van der Waals surface area contributed by atoms with Gasteiger partial charge in [-0.25, -0.2) is 4.39 Å². The van der Waals surface area contributed by atoms with Crippen molar-refractivity contribution in [2.24, 2.45) is 5.92 Å². The van der Waals surface area contributed by atoms with Crippen LogP contribution in [0, 0.1) is 18.7 Å². The van der Waals surface area contributed by atoms with E-state index in [0.29, 0.717) is 31.5 Å². The van der Waals surface area contributed by atoms with Gasteiger partial charge in [0.2, 0.25) is 5.91 Å². The first-order valence-electron chi connectivity index (χ1n) is 8.56. The molecule has 0 saturated carbocycles.